The van der Waals surface area contributed by atoms with Gasteiger partial charge in [-0.1, -0.05) is 0 Å². The van der Waals surface area contributed by atoms with Gasteiger partial charge in [-0.3, -0.25) is 0 Å². The van der Waals surface area contributed by atoms with Crippen LogP contribution in [0.1, 0.15) is 13.8 Å². The van der Waals surface area contributed by atoms with Crippen LogP contribution in [0.4, 0.5) is 0 Å². The number of methoxy groups -OCH3 is 1. The number of aliphatic carboxylic acids is 1. The van der Waals surface area contributed by atoms with Crippen molar-refractivity contribution in [2.24, 2.45) is 0 Å². The standard InChI is InChI=1S/C5H10O3.Y/c1-5(2,8-3)4(6)7;/h1-3H3,(H,6,7);. The molecule has 0 fully saturated rings. The molecule has 1 N–H and O–H groups in total. The van der Waals surface area contributed by atoms with E-state index in [0.717, 1.165) is 0 Å². The van der Waals surface area contributed by atoms with Crippen molar-refractivity contribution in [3.63, 3.8) is 0 Å². The maximum absolute atomic E-state index is 10.1. The summed E-state index contributed by atoms with van der Waals surface area (Å²) in [4.78, 5) is 10.1. The molecule has 0 saturated carbocycles. The summed E-state index contributed by atoms with van der Waals surface area (Å²) in [5, 5.41) is 8.32. The van der Waals surface area contributed by atoms with Gasteiger partial charge in [0, 0.05) is 39.8 Å². The fourth-order valence-electron chi connectivity index (χ4n) is 0.0873. The van der Waals surface area contributed by atoms with E-state index in [2.05, 4.69) is 4.74 Å². The summed E-state index contributed by atoms with van der Waals surface area (Å²) in [7, 11) is 1.37. The van der Waals surface area contributed by atoms with Gasteiger partial charge in [0.1, 0.15) is 0 Å². The number of hydrogen-bond donors (Lipinski definition) is 1. The van der Waals surface area contributed by atoms with Gasteiger partial charge in [0.15, 0.2) is 5.60 Å². The molecule has 0 rings (SSSR count). The van der Waals surface area contributed by atoms with Gasteiger partial charge in [-0.2, -0.15) is 0 Å². The van der Waals surface area contributed by atoms with Gasteiger partial charge in [0.25, 0.3) is 0 Å². The number of carbonyl (C=O) groups is 1. The normalized spacial score (nSPS) is 10.1. The second kappa shape index (κ2) is 4.37. The van der Waals surface area contributed by atoms with Crippen LogP contribution in [0.2, 0.25) is 0 Å². The third-order valence-electron chi connectivity index (χ3n) is 1.03. The molecule has 0 aromatic rings. The van der Waals surface area contributed by atoms with E-state index in [1.807, 2.05) is 0 Å². The van der Waals surface area contributed by atoms with Crippen molar-refractivity contribution < 1.29 is 47.3 Å². The van der Waals surface area contributed by atoms with Gasteiger partial charge in [-0.15, -0.1) is 0 Å². The SMILES string of the molecule is COC(C)(C)C(=O)O.[Y]. The van der Waals surface area contributed by atoms with E-state index < -0.39 is 11.6 Å². The second-order valence-corrected chi connectivity index (χ2v) is 2.02. The summed E-state index contributed by atoms with van der Waals surface area (Å²) in [6.45, 7) is 2.99. The molecule has 0 aromatic carbocycles. The van der Waals surface area contributed by atoms with Crippen molar-refractivity contribution in [3.8, 4) is 0 Å². The van der Waals surface area contributed by atoms with Gasteiger partial charge in [0.05, 0.1) is 0 Å². The van der Waals surface area contributed by atoms with Crippen LogP contribution < -0.4 is 0 Å². The maximum Gasteiger partial charge on any atom is 0.335 e. The Hall–Kier alpha value is 0.534. The molecule has 0 unspecified atom stereocenters. The summed E-state index contributed by atoms with van der Waals surface area (Å²) in [6, 6.07) is 0. The smallest absolute Gasteiger partial charge is 0.335 e. The molecule has 0 aliphatic carbocycles. The molecule has 0 aliphatic heterocycles. The first-order valence-electron chi connectivity index (χ1n) is 2.29. The molecule has 3 nitrogen and oxygen atoms in total. The van der Waals surface area contributed by atoms with Crippen molar-refractivity contribution >= 4 is 5.97 Å². The molecule has 4 heteroatoms. The van der Waals surface area contributed by atoms with E-state index in [4.69, 9.17) is 5.11 Å². The summed E-state index contributed by atoms with van der Waals surface area (Å²) >= 11 is 0. The zero-order valence-electron chi connectivity index (χ0n) is 5.84. The van der Waals surface area contributed by atoms with Gasteiger partial charge < -0.3 is 9.84 Å². The van der Waals surface area contributed by atoms with Gasteiger partial charge in [-0.05, 0) is 13.8 Å². The topological polar surface area (TPSA) is 46.5 Å². The molecule has 1 radical (unpaired) electrons. The van der Waals surface area contributed by atoms with Crippen LogP contribution in [0.3, 0.4) is 0 Å². The number of ether oxygens (including phenoxy) is 1. The third kappa shape index (κ3) is 4.01. The molecule has 51 valence electrons. The Morgan fingerprint density at radius 3 is 1.89 bits per heavy atom. The van der Waals surface area contributed by atoms with E-state index in [9.17, 15) is 4.79 Å². The quantitative estimate of drug-likeness (QED) is 0.716. The van der Waals surface area contributed by atoms with Crippen LogP contribution in [-0.4, -0.2) is 23.8 Å². The van der Waals surface area contributed by atoms with Crippen molar-refractivity contribution in [1.82, 2.24) is 0 Å². The molecule has 0 heterocycles. The number of rotatable bonds is 2. The third-order valence-corrected chi connectivity index (χ3v) is 1.03. The Morgan fingerprint density at radius 2 is 1.89 bits per heavy atom. The van der Waals surface area contributed by atoms with Gasteiger partial charge in [0.2, 0.25) is 0 Å². The maximum atomic E-state index is 10.1. The largest absolute Gasteiger partial charge is 0.479 e. The van der Waals surface area contributed by atoms with Crippen LogP contribution in [0, 0.1) is 0 Å². The molecule has 0 spiro atoms. The summed E-state index contributed by atoms with van der Waals surface area (Å²) in [5.74, 6) is -0.944. The Morgan fingerprint density at radius 1 is 1.56 bits per heavy atom. The first-order valence-corrected chi connectivity index (χ1v) is 2.29. The Bertz CT molecular complexity index is 100. The van der Waals surface area contributed by atoms with Crippen LogP contribution in [0.15, 0.2) is 0 Å². The van der Waals surface area contributed by atoms with Crippen LogP contribution in [-0.2, 0) is 42.2 Å². The predicted molar refractivity (Wildman–Crippen MR) is 28.7 cm³/mol. The van der Waals surface area contributed by atoms with Crippen LogP contribution in [0.25, 0.3) is 0 Å². The number of carboxylic acid groups (broad SMARTS) is 1. The Balaban J connectivity index is 0. The zero-order valence-corrected chi connectivity index (χ0v) is 8.68. The molecule has 0 bridgehead atoms. The van der Waals surface area contributed by atoms with Crippen molar-refractivity contribution in [2.45, 2.75) is 19.4 Å². The molecule has 0 aromatic heterocycles. The Labute approximate surface area is 79.7 Å². The number of hydrogen-bond acceptors (Lipinski definition) is 2. The first kappa shape index (κ1) is 12.2. The van der Waals surface area contributed by atoms with E-state index in [1.165, 1.54) is 21.0 Å². The fraction of sp³-hybridized carbons (Fsp3) is 0.800. The monoisotopic (exact) mass is 207 g/mol. The first-order chi connectivity index (χ1) is 3.50. The van der Waals surface area contributed by atoms with Gasteiger partial charge in [-0.25, -0.2) is 4.79 Å². The predicted octanol–water partition coefficient (Wildman–Crippen LogP) is 0.494. The van der Waals surface area contributed by atoms with Crippen molar-refractivity contribution in [1.29, 1.82) is 0 Å². The molecule has 0 saturated heterocycles. The fourth-order valence-corrected chi connectivity index (χ4v) is 0.0873. The average Bonchev–Trinajstić information content (AvgIpc) is 1.67. The Kier molecular flexibility index (Phi) is 5.93. The minimum Gasteiger partial charge on any atom is -0.479 e. The molecule has 0 atom stereocenters. The second-order valence-electron chi connectivity index (χ2n) is 2.02. The molecular formula is C5H10O3Y. The number of carboxylic acids is 1. The van der Waals surface area contributed by atoms with E-state index in [-0.39, 0.29) is 32.7 Å². The summed E-state index contributed by atoms with van der Waals surface area (Å²) in [6.07, 6.45) is 0. The molecular weight excluding hydrogens is 197 g/mol. The van der Waals surface area contributed by atoms with E-state index in [0.29, 0.717) is 0 Å². The minimum absolute atomic E-state index is 0. The molecule has 0 aliphatic rings. The summed E-state index contributed by atoms with van der Waals surface area (Å²) in [5.41, 5.74) is -1.04. The minimum atomic E-state index is -1.04. The van der Waals surface area contributed by atoms with Crippen LogP contribution in [0.5, 0.6) is 0 Å². The van der Waals surface area contributed by atoms with Gasteiger partial charge >= 0.3 is 5.97 Å². The summed E-state index contributed by atoms with van der Waals surface area (Å²) < 4.78 is 4.60. The average molecular weight is 207 g/mol. The van der Waals surface area contributed by atoms with Crippen molar-refractivity contribution in [2.75, 3.05) is 7.11 Å². The van der Waals surface area contributed by atoms with E-state index in [1.54, 1.807) is 0 Å². The molecule has 9 heavy (non-hydrogen) atoms. The van der Waals surface area contributed by atoms with E-state index >= 15 is 0 Å². The molecule has 0 amide bonds. The van der Waals surface area contributed by atoms with Crippen molar-refractivity contribution in [3.05, 3.63) is 0 Å². The van der Waals surface area contributed by atoms with Crippen LogP contribution >= 0.6 is 0 Å². The zero-order chi connectivity index (χ0) is 6.78.